The van der Waals surface area contributed by atoms with Crippen LogP contribution in [0.3, 0.4) is 0 Å². The predicted molar refractivity (Wildman–Crippen MR) is 81.7 cm³/mol. The zero-order chi connectivity index (χ0) is 14.3. The van der Waals surface area contributed by atoms with Crippen molar-refractivity contribution in [3.63, 3.8) is 0 Å². The molecule has 100 valence electrons. The quantitative estimate of drug-likeness (QED) is 0.664. The largest absolute Gasteiger partial charge is 0.398 e. The topological polar surface area (TPSA) is 71.8 Å². The van der Waals surface area contributed by atoms with Crippen molar-refractivity contribution in [1.29, 1.82) is 0 Å². The molecule has 0 unspecified atom stereocenters. The maximum atomic E-state index is 12.2. The number of nitrogens with two attached hydrogens (primary N) is 1. The van der Waals surface area contributed by atoms with E-state index in [0.29, 0.717) is 16.9 Å². The van der Waals surface area contributed by atoms with Gasteiger partial charge in [-0.1, -0.05) is 17.7 Å². The highest BCUT2D eigenvalue weighted by Gasteiger charge is 2.10. The highest BCUT2D eigenvalue weighted by molar-refractivity contribution is 5.81. The number of hydrogen-bond acceptors (Lipinski definition) is 3. The number of anilines is 1. The van der Waals surface area contributed by atoms with Gasteiger partial charge in [0.2, 0.25) is 0 Å². The standard InChI is InChI=1S/C16H15N3O/c1-9-3-5-12(17)11(7-9)15-16(20)19-14-8-10(2)4-6-13(14)18-15/h3-8H,17H2,1-2H3,(H,19,20). The number of aromatic amines is 1. The number of aromatic nitrogens is 2. The van der Waals surface area contributed by atoms with Gasteiger partial charge in [-0.2, -0.15) is 0 Å². The van der Waals surface area contributed by atoms with Crippen LogP contribution in [0.25, 0.3) is 22.3 Å². The third-order valence-electron chi connectivity index (χ3n) is 3.31. The molecule has 0 amide bonds. The van der Waals surface area contributed by atoms with Gasteiger partial charge in [0, 0.05) is 11.3 Å². The number of H-pyrrole nitrogens is 1. The first kappa shape index (κ1) is 12.4. The molecule has 4 heteroatoms. The molecule has 0 aliphatic heterocycles. The second-order valence-corrected chi connectivity index (χ2v) is 5.03. The van der Waals surface area contributed by atoms with Crippen molar-refractivity contribution in [3.05, 3.63) is 57.9 Å². The maximum absolute atomic E-state index is 12.2. The fourth-order valence-electron chi connectivity index (χ4n) is 2.26. The fraction of sp³-hybridized carbons (Fsp3) is 0.125. The van der Waals surface area contributed by atoms with Gasteiger partial charge in [0.15, 0.2) is 0 Å². The van der Waals surface area contributed by atoms with Crippen LogP contribution in [0.1, 0.15) is 11.1 Å². The highest BCUT2D eigenvalue weighted by atomic mass is 16.1. The van der Waals surface area contributed by atoms with Crippen LogP contribution in [-0.4, -0.2) is 9.97 Å². The number of nitrogens with one attached hydrogen (secondary N) is 1. The van der Waals surface area contributed by atoms with Crippen molar-refractivity contribution >= 4 is 16.7 Å². The molecule has 3 rings (SSSR count). The summed E-state index contributed by atoms with van der Waals surface area (Å²) in [6.07, 6.45) is 0. The second-order valence-electron chi connectivity index (χ2n) is 5.03. The summed E-state index contributed by atoms with van der Waals surface area (Å²) in [5.41, 5.74) is 11.0. The van der Waals surface area contributed by atoms with E-state index in [1.165, 1.54) is 0 Å². The Morgan fingerprint density at radius 1 is 1.05 bits per heavy atom. The van der Waals surface area contributed by atoms with E-state index in [4.69, 9.17) is 5.73 Å². The van der Waals surface area contributed by atoms with Crippen LogP contribution in [0, 0.1) is 13.8 Å². The second kappa shape index (κ2) is 4.49. The normalized spacial score (nSPS) is 10.9. The molecular formula is C16H15N3O. The Bertz CT molecular complexity index is 865. The molecule has 4 nitrogen and oxygen atoms in total. The van der Waals surface area contributed by atoms with Gasteiger partial charge in [-0.15, -0.1) is 0 Å². The first-order valence-electron chi connectivity index (χ1n) is 6.42. The average molecular weight is 265 g/mol. The number of aryl methyl sites for hydroxylation is 2. The molecule has 1 aromatic heterocycles. The Labute approximate surface area is 116 Å². The number of fused-ring (bicyclic) bond motifs is 1. The van der Waals surface area contributed by atoms with E-state index in [0.717, 1.165) is 22.2 Å². The van der Waals surface area contributed by atoms with Crippen LogP contribution in [0.5, 0.6) is 0 Å². The minimum Gasteiger partial charge on any atom is -0.398 e. The first-order valence-corrected chi connectivity index (χ1v) is 6.42. The Morgan fingerprint density at radius 3 is 2.55 bits per heavy atom. The summed E-state index contributed by atoms with van der Waals surface area (Å²) in [6.45, 7) is 3.94. The van der Waals surface area contributed by atoms with Crippen LogP contribution in [0.2, 0.25) is 0 Å². The molecule has 0 spiro atoms. The molecule has 0 aliphatic rings. The molecule has 0 radical (unpaired) electrons. The first-order chi connectivity index (χ1) is 9.54. The van der Waals surface area contributed by atoms with Gasteiger partial charge < -0.3 is 10.7 Å². The van der Waals surface area contributed by atoms with Crippen LogP contribution < -0.4 is 11.3 Å². The summed E-state index contributed by atoms with van der Waals surface area (Å²) in [7, 11) is 0. The lowest BCUT2D eigenvalue weighted by Gasteiger charge is -2.07. The van der Waals surface area contributed by atoms with Gasteiger partial charge in [0.25, 0.3) is 5.56 Å². The summed E-state index contributed by atoms with van der Waals surface area (Å²) >= 11 is 0. The summed E-state index contributed by atoms with van der Waals surface area (Å²) < 4.78 is 0. The molecule has 0 saturated carbocycles. The van der Waals surface area contributed by atoms with E-state index >= 15 is 0 Å². The van der Waals surface area contributed by atoms with Gasteiger partial charge in [0.05, 0.1) is 11.0 Å². The molecule has 3 N–H and O–H groups in total. The lowest BCUT2D eigenvalue weighted by Crippen LogP contribution is -2.12. The number of rotatable bonds is 1. The Morgan fingerprint density at radius 2 is 1.75 bits per heavy atom. The van der Waals surface area contributed by atoms with Crippen LogP contribution in [-0.2, 0) is 0 Å². The van der Waals surface area contributed by atoms with Gasteiger partial charge in [-0.25, -0.2) is 4.98 Å². The smallest absolute Gasteiger partial charge is 0.275 e. The van der Waals surface area contributed by atoms with Gasteiger partial charge in [-0.3, -0.25) is 4.79 Å². The minimum absolute atomic E-state index is 0.222. The van der Waals surface area contributed by atoms with Gasteiger partial charge >= 0.3 is 0 Å². The van der Waals surface area contributed by atoms with E-state index in [1.807, 2.05) is 44.2 Å². The molecule has 0 bridgehead atoms. The fourth-order valence-corrected chi connectivity index (χ4v) is 2.26. The Hall–Kier alpha value is -2.62. The van der Waals surface area contributed by atoms with Crippen molar-refractivity contribution in [1.82, 2.24) is 9.97 Å². The molecule has 0 atom stereocenters. The van der Waals surface area contributed by atoms with Crippen molar-refractivity contribution in [2.24, 2.45) is 0 Å². The van der Waals surface area contributed by atoms with Crippen LogP contribution in [0.4, 0.5) is 5.69 Å². The third kappa shape index (κ3) is 2.05. The van der Waals surface area contributed by atoms with E-state index in [-0.39, 0.29) is 5.56 Å². The zero-order valence-electron chi connectivity index (χ0n) is 11.4. The molecule has 0 saturated heterocycles. The lowest BCUT2D eigenvalue weighted by molar-refractivity contribution is 1.21. The van der Waals surface area contributed by atoms with Gasteiger partial charge in [0.1, 0.15) is 5.69 Å². The number of benzene rings is 2. The number of nitrogens with zero attached hydrogens (tertiary/aromatic N) is 1. The van der Waals surface area contributed by atoms with Crippen molar-refractivity contribution in [2.45, 2.75) is 13.8 Å². The monoisotopic (exact) mass is 265 g/mol. The molecule has 0 aliphatic carbocycles. The van der Waals surface area contributed by atoms with E-state index < -0.39 is 0 Å². The summed E-state index contributed by atoms with van der Waals surface area (Å²) in [6, 6.07) is 11.4. The maximum Gasteiger partial charge on any atom is 0.275 e. The van der Waals surface area contributed by atoms with Crippen molar-refractivity contribution < 1.29 is 0 Å². The predicted octanol–water partition coefficient (Wildman–Crippen LogP) is 2.79. The molecule has 2 aromatic carbocycles. The van der Waals surface area contributed by atoms with Crippen LogP contribution in [0.15, 0.2) is 41.2 Å². The van der Waals surface area contributed by atoms with Crippen molar-refractivity contribution in [2.75, 3.05) is 5.73 Å². The number of nitrogen functional groups attached to an aromatic ring is 1. The minimum atomic E-state index is -0.222. The van der Waals surface area contributed by atoms with Gasteiger partial charge in [-0.05, 0) is 43.7 Å². The summed E-state index contributed by atoms with van der Waals surface area (Å²) in [5.74, 6) is 0. The third-order valence-corrected chi connectivity index (χ3v) is 3.31. The van der Waals surface area contributed by atoms with E-state index in [9.17, 15) is 4.79 Å². The van der Waals surface area contributed by atoms with E-state index in [1.54, 1.807) is 6.07 Å². The zero-order valence-corrected chi connectivity index (χ0v) is 11.4. The lowest BCUT2D eigenvalue weighted by atomic mass is 10.1. The Kier molecular flexibility index (Phi) is 2.79. The highest BCUT2D eigenvalue weighted by Crippen LogP contribution is 2.24. The average Bonchev–Trinajstić information content (AvgIpc) is 2.41. The summed E-state index contributed by atoms with van der Waals surface area (Å²) in [4.78, 5) is 19.6. The molecule has 0 fully saturated rings. The molecule has 1 heterocycles. The van der Waals surface area contributed by atoms with Crippen LogP contribution >= 0.6 is 0 Å². The van der Waals surface area contributed by atoms with E-state index in [2.05, 4.69) is 9.97 Å². The Balaban J connectivity index is 2.31. The molecule has 3 aromatic rings. The molecule has 20 heavy (non-hydrogen) atoms. The number of hydrogen-bond donors (Lipinski definition) is 2. The SMILES string of the molecule is Cc1ccc(N)c(-c2nc3ccc(C)cc3[nH]c2=O)c1. The molecular weight excluding hydrogens is 250 g/mol. The summed E-state index contributed by atoms with van der Waals surface area (Å²) in [5, 5.41) is 0. The van der Waals surface area contributed by atoms with Crippen molar-refractivity contribution in [3.8, 4) is 11.3 Å².